The fraction of sp³-hybridized carbons (Fsp3) is 0.600. The molecule has 1 saturated carbocycles. The molecule has 234 valence electrons. The van der Waals surface area contributed by atoms with E-state index in [2.05, 4.69) is 32.3 Å². The summed E-state index contributed by atoms with van der Waals surface area (Å²) in [5, 5.41) is 18.4. The number of benzene rings is 1. The number of aliphatic hydroxyl groups is 1. The molecular formula is C30H40F3N7O3. The van der Waals surface area contributed by atoms with Crippen LogP contribution in [0.2, 0.25) is 0 Å². The van der Waals surface area contributed by atoms with Gasteiger partial charge < -0.3 is 20.1 Å². The number of aromatic nitrogens is 4. The third kappa shape index (κ3) is 8.14. The van der Waals surface area contributed by atoms with Crippen molar-refractivity contribution < 1.29 is 27.8 Å². The standard InChI is InChI=1S/C30H40F3N7O3/c1-29(2,3)43-28(42)39-16-14-38(15-17-39)19-20-4-6-21(7-5-20)25-24-18-35-27(34-13-12-30(31,32)33)36-26(24)40(37-25)22-8-10-23(41)11-9-22/h4-7,18,22-23,41H,8-17,19H2,1-3H3,(H,34,35,36). The van der Waals surface area contributed by atoms with Gasteiger partial charge in [0, 0.05) is 51.0 Å². The molecule has 0 bridgehead atoms. The molecule has 2 aliphatic rings. The molecule has 3 heterocycles. The number of rotatable bonds is 7. The van der Waals surface area contributed by atoms with Crippen molar-refractivity contribution in [2.75, 3.05) is 38.0 Å². The topological polar surface area (TPSA) is 109 Å². The first-order chi connectivity index (χ1) is 20.3. The van der Waals surface area contributed by atoms with Crippen molar-refractivity contribution in [3.63, 3.8) is 0 Å². The van der Waals surface area contributed by atoms with Crippen LogP contribution in [-0.4, -0.2) is 91.4 Å². The van der Waals surface area contributed by atoms with E-state index < -0.39 is 18.2 Å². The molecule has 0 radical (unpaired) electrons. The molecule has 13 heteroatoms. The number of carbonyl (C=O) groups excluding carboxylic acids is 1. The van der Waals surface area contributed by atoms with Crippen molar-refractivity contribution in [2.24, 2.45) is 0 Å². The Kier molecular flexibility index (Phi) is 9.12. The lowest BCUT2D eigenvalue weighted by molar-refractivity contribution is -0.131. The lowest BCUT2D eigenvalue weighted by Crippen LogP contribution is -2.49. The van der Waals surface area contributed by atoms with Crippen molar-refractivity contribution in [3.05, 3.63) is 36.0 Å². The molecule has 2 fully saturated rings. The van der Waals surface area contributed by atoms with Crippen LogP contribution in [0.1, 0.15) is 64.5 Å². The van der Waals surface area contributed by atoms with Gasteiger partial charge in [-0.05, 0) is 52.0 Å². The molecule has 10 nitrogen and oxygen atoms in total. The maximum absolute atomic E-state index is 12.7. The van der Waals surface area contributed by atoms with E-state index in [1.54, 1.807) is 11.1 Å². The summed E-state index contributed by atoms with van der Waals surface area (Å²) in [4.78, 5) is 25.3. The lowest BCUT2D eigenvalue weighted by Gasteiger charge is -2.35. The quantitative estimate of drug-likeness (QED) is 0.370. The minimum atomic E-state index is -4.27. The first-order valence-electron chi connectivity index (χ1n) is 14.9. The van der Waals surface area contributed by atoms with Crippen LogP contribution >= 0.6 is 0 Å². The van der Waals surface area contributed by atoms with Crippen LogP contribution in [0.15, 0.2) is 30.5 Å². The number of hydrogen-bond donors (Lipinski definition) is 2. The number of aliphatic hydroxyl groups excluding tert-OH is 1. The van der Waals surface area contributed by atoms with Crippen molar-refractivity contribution in [2.45, 2.75) is 83.3 Å². The number of hydrogen-bond acceptors (Lipinski definition) is 8. The molecular weight excluding hydrogens is 563 g/mol. The summed E-state index contributed by atoms with van der Waals surface area (Å²) in [5.74, 6) is 0.127. The molecule has 1 amide bonds. The lowest BCUT2D eigenvalue weighted by atomic mass is 9.93. The molecule has 3 aromatic rings. The Morgan fingerprint density at radius 1 is 1.05 bits per heavy atom. The maximum atomic E-state index is 12.7. The molecule has 0 spiro atoms. The Bertz CT molecular complexity index is 1390. The van der Waals surface area contributed by atoms with E-state index in [0.29, 0.717) is 37.3 Å². The predicted molar refractivity (Wildman–Crippen MR) is 157 cm³/mol. The van der Waals surface area contributed by atoms with Gasteiger partial charge in [-0.3, -0.25) is 4.90 Å². The minimum Gasteiger partial charge on any atom is -0.444 e. The van der Waals surface area contributed by atoms with Crippen molar-refractivity contribution in [3.8, 4) is 11.3 Å². The van der Waals surface area contributed by atoms with Gasteiger partial charge in [0.1, 0.15) is 11.3 Å². The second-order valence-electron chi connectivity index (χ2n) is 12.4. The number of ether oxygens (including phenoxy) is 1. The first-order valence-corrected chi connectivity index (χ1v) is 14.9. The van der Waals surface area contributed by atoms with Gasteiger partial charge in [-0.25, -0.2) is 14.5 Å². The minimum absolute atomic E-state index is 0.0243. The third-order valence-corrected chi connectivity index (χ3v) is 7.81. The van der Waals surface area contributed by atoms with E-state index in [-0.39, 0.29) is 30.7 Å². The highest BCUT2D eigenvalue weighted by atomic mass is 19.4. The third-order valence-electron chi connectivity index (χ3n) is 7.81. The number of halogens is 3. The number of anilines is 1. The second-order valence-corrected chi connectivity index (χ2v) is 12.4. The van der Waals surface area contributed by atoms with Gasteiger partial charge in [-0.15, -0.1) is 0 Å². The van der Waals surface area contributed by atoms with Crippen LogP contribution in [0, 0.1) is 0 Å². The normalized spacial score (nSPS) is 20.4. The van der Waals surface area contributed by atoms with Crippen molar-refractivity contribution in [1.29, 1.82) is 0 Å². The monoisotopic (exact) mass is 603 g/mol. The molecule has 1 aromatic carbocycles. The number of carbonyl (C=O) groups is 1. The van der Waals surface area contributed by atoms with Crippen LogP contribution in [0.25, 0.3) is 22.3 Å². The summed E-state index contributed by atoms with van der Waals surface area (Å²) in [6.07, 6.45) is -1.46. The van der Waals surface area contributed by atoms with Crippen LogP contribution in [0.5, 0.6) is 0 Å². The zero-order valence-electron chi connectivity index (χ0n) is 24.9. The summed E-state index contributed by atoms with van der Waals surface area (Å²) in [7, 11) is 0. The molecule has 1 aliphatic carbocycles. The van der Waals surface area contributed by atoms with Crippen LogP contribution in [0.4, 0.5) is 23.9 Å². The summed E-state index contributed by atoms with van der Waals surface area (Å²) in [5.41, 5.74) is 2.78. The maximum Gasteiger partial charge on any atom is 0.410 e. The van der Waals surface area contributed by atoms with Crippen LogP contribution in [0.3, 0.4) is 0 Å². The summed E-state index contributed by atoms with van der Waals surface area (Å²) >= 11 is 0. The number of nitrogens with zero attached hydrogens (tertiary/aromatic N) is 6. The first kappa shape index (κ1) is 31.0. The van der Waals surface area contributed by atoms with Crippen molar-refractivity contribution >= 4 is 23.1 Å². The highest BCUT2D eigenvalue weighted by molar-refractivity contribution is 5.91. The van der Waals surface area contributed by atoms with Gasteiger partial charge in [-0.1, -0.05) is 24.3 Å². The Hall–Kier alpha value is -3.45. The number of amides is 1. The molecule has 0 atom stereocenters. The zero-order valence-corrected chi connectivity index (χ0v) is 24.9. The second kappa shape index (κ2) is 12.7. The average Bonchev–Trinajstić information content (AvgIpc) is 3.31. The SMILES string of the molecule is CC(C)(C)OC(=O)N1CCN(Cc2ccc(-c3nn(C4CCC(O)CC4)c4nc(NCCC(F)(F)F)ncc34)cc2)CC1. The van der Waals surface area contributed by atoms with Gasteiger partial charge in [0.05, 0.1) is 24.0 Å². The average molecular weight is 604 g/mol. The fourth-order valence-electron chi connectivity index (χ4n) is 5.54. The number of fused-ring (bicyclic) bond motifs is 1. The number of alkyl halides is 3. The largest absolute Gasteiger partial charge is 0.444 e. The van der Waals surface area contributed by atoms with Gasteiger partial charge in [0.25, 0.3) is 0 Å². The number of nitrogens with one attached hydrogen (secondary N) is 1. The van der Waals surface area contributed by atoms with Crippen LogP contribution < -0.4 is 5.32 Å². The fourth-order valence-corrected chi connectivity index (χ4v) is 5.54. The van der Waals surface area contributed by atoms with E-state index in [0.717, 1.165) is 49.0 Å². The highest BCUT2D eigenvalue weighted by Crippen LogP contribution is 2.35. The molecule has 1 aliphatic heterocycles. The zero-order chi connectivity index (χ0) is 30.8. The van der Waals surface area contributed by atoms with Gasteiger partial charge in [0.15, 0.2) is 5.65 Å². The van der Waals surface area contributed by atoms with E-state index in [9.17, 15) is 23.1 Å². The molecule has 0 unspecified atom stereocenters. The highest BCUT2D eigenvalue weighted by Gasteiger charge is 2.28. The Balaban J connectivity index is 1.30. The molecule has 5 rings (SSSR count). The summed E-state index contributed by atoms with van der Waals surface area (Å²) in [6, 6.07) is 8.17. The van der Waals surface area contributed by atoms with E-state index in [1.807, 2.05) is 37.6 Å². The number of piperazine rings is 1. The van der Waals surface area contributed by atoms with E-state index in [1.165, 1.54) is 0 Å². The molecule has 2 aromatic heterocycles. The molecule has 1 saturated heterocycles. The summed E-state index contributed by atoms with van der Waals surface area (Å²) in [6.45, 7) is 8.76. The smallest absolute Gasteiger partial charge is 0.410 e. The Morgan fingerprint density at radius 3 is 2.35 bits per heavy atom. The summed E-state index contributed by atoms with van der Waals surface area (Å²) < 4.78 is 45.3. The van der Waals surface area contributed by atoms with Crippen molar-refractivity contribution in [1.82, 2.24) is 29.5 Å². The van der Waals surface area contributed by atoms with Gasteiger partial charge in [0.2, 0.25) is 5.95 Å². The predicted octanol–water partition coefficient (Wildman–Crippen LogP) is 5.39. The Morgan fingerprint density at radius 2 is 1.72 bits per heavy atom. The van der Waals surface area contributed by atoms with E-state index >= 15 is 0 Å². The molecule has 2 N–H and O–H groups in total. The Labute approximate surface area is 249 Å². The van der Waals surface area contributed by atoms with Crippen LogP contribution in [-0.2, 0) is 11.3 Å². The molecule has 43 heavy (non-hydrogen) atoms. The van der Waals surface area contributed by atoms with Gasteiger partial charge >= 0.3 is 12.3 Å². The van der Waals surface area contributed by atoms with E-state index in [4.69, 9.17) is 9.84 Å². The van der Waals surface area contributed by atoms with Gasteiger partial charge in [-0.2, -0.15) is 23.3 Å².